The lowest BCUT2D eigenvalue weighted by molar-refractivity contribution is 0.301. The molecule has 2 aromatic carbocycles. The van der Waals surface area contributed by atoms with E-state index in [0.717, 1.165) is 17.0 Å². The van der Waals surface area contributed by atoms with Crippen LogP contribution in [0.5, 0.6) is 5.75 Å². The molecule has 0 aliphatic heterocycles. The van der Waals surface area contributed by atoms with Crippen LogP contribution >= 0.6 is 0 Å². The summed E-state index contributed by atoms with van der Waals surface area (Å²) in [5.41, 5.74) is 9.26. The fourth-order valence-electron chi connectivity index (χ4n) is 1.92. The van der Waals surface area contributed by atoms with Crippen LogP contribution in [0.15, 0.2) is 59.2 Å². The largest absolute Gasteiger partial charge is 0.487 e. The SMILES string of the molecule is Cc1ccc(-c2nc(COc3ccc(N)cc3)co2)cc1. The molecule has 3 aromatic rings. The Kier molecular flexibility index (Phi) is 3.60. The van der Waals surface area contributed by atoms with Gasteiger partial charge in [-0.25, -0.2) is 4.98 Å². The minimum Gasteiger partial charge on any atom is -0.487 e. The Morgan fingerprint density at radius 1 is 1.05 bits per heavy atom. The van der Waals surface area contributed by atoms with E-state index in [9.17, 15) is 0 Å². The number of oxazole rings is 1. The second-order valence-corrected chi connectivity index (χ2v) is 4.87. The zero-order valence-corrected chi connectivity index (χ0v) is 11.7. The van der Waals surface area contributed by atoms with E-state index < -0.39 is 0 Å². The molecule has 0 unspecified atom stereocenters. The van der Waals surface area contributed by atoms with Crippen molar-refractivity contribution in [2.75, 3.05) is 5.73 Å². The van der Waals surface area contributed by atoms with Crippen LogP contribution in [0, 0.1) is 6.92 Å². The van der Waals surface area contributed by atoms with E-state index in [1.165, 1.54) is 5.56 Å². The summed E-state index contributed by atoms with van der Waals surface area (Å²) in [6.45, 7) is 2.41. The molecule has 0 saturated heterocycles. The van der Waals surface area contributed by atoms with Gasteiger partial charge in [0.25, 0.3) is 0 Å². The Balaban J connectivity index is 1.67. The van der Waals surface area contributed by atoms with Crippen LogP contribution in [0.2, 0.25) is 0 Å². The molecule has 0 radical (unpaired) electrons. The van der Waals surface area contributed by atoms with Gasteiger partial charge in [-0.2, -0.15) is 0 Å². The number of hydrogen-bond donors (Lipinski definition) is 1. The summed E-state index contributed by atoms with van der Waals surface area (Å²) in [6.07, 6.45) is 1.62. The molecule has 0 bridgehead atoms. The molecule has 0 atom stereocenters. The molecule has 21 heavy (non-hydrogen) atoms. The van der Waals surface area contributed by atoms with E-state index in [1.807, 2.05) is 43.3 Å². The van der Waals surface area contributed by atoms with Gasteiger partial charge in [-0.1, -0.05) is 17.7 Å². The molecule has 3 rings (SSSR count). The number of anilines is 1. The number of nitrogens with two attached hydrogens (primary N) is 1. The number of rotatable bonds is 4. The number of hydrogen-bond acceptors (Lipinski definition) is 4. The molecular weight excluding hydrogens is 264 g/mol. The predicted octanol–water partition coefficient (Wildman–Crippen LogP) is 3.81. The summed E-state index contributed by atoms with van der Waals surface area (Å²) >= 11 is 0. The average Bonchev–Trinajstić information content (AvgIpc) is 2.96. The van der Waals surface area contributed by atoms with Gasteiger partial charge in [-0.3, -0.25) is 0 Å². The standard InChI is InChI=1S/C17H16N2O2/c1-12-2-4-13(5-3-12)17-19-15(11-21-17)10-20-16-8-6-14(18)7-9-16/h2-9,11H,10,18H2,1H3. The van der Waals surface area contributed by atoms with Gasteiger partial charge in [0.05, 0.1) is 0 Å². The van der Waals surface area contributed by atoms with Crippen LogP contribution in [0.25, 0.3) is 11.5 Å². The van der Waals surface area contributed by atoms with Crippen LogP contribution in [0.1, 0.15) is 11.3 Å². The van der Waals surface area contributed by atoms with Crippen LogP contribution in [-0.2, 0) is 6.61 Å². The van der Waals surface area contributed by atoms with E-state index in [0.29, 0.717) is 18.2 Å². The monoisotopic (exact) mass is 280 g/mol. The van der Waals surface area contributed by atoms with Crippen LogP contribution < -0.4 is 10.5 Å². The minimum atomic E-state index is 0.360. The van der Waals surface area contributed by atoms with E-state index in [4.69, 9.17) is 14.9 Å². The van der Waals surface area contributed by atoms with Gasteiger partial charge in [0.15, 0.2) is 0 Å². The smallest absolute Gasteiger partial charge is 0.226 e. The van der Waals surface area contributed by atoms with Crippen molar-refractivity contribution in [3.63, 3.8) is 0 Å². The highest BCUT2D eigenvalue weighted by Gasteiger charge is 2.07. The summed E-state index contributed by atoms with van der Waals surface area (Å²) in [6, 6.07) is 15.3. The molecule has 0 aliphatic carbocycles. The van der Waals surface area contributed by atoms with Crippen LogP contribution in [0.3, 0.4) is 0 Å². The van der Waals surface area contributed by atoms with E-state index >= 15 is 0 Å². The third-order valence-corrected chi connectivity index (χ3v) is 3.12. The fourth-order valence-corrected chi connectivity index (χ4v) is 1.92. The Morgan fingerprint density at radius 2 is 1.76 bits per heavy atom. The lowest BCUT2D eigenvalue weighted by Crippen LogP contribution is -1.96. The first-order chi connectivity index (χ1) is 10.2. The highest BCUT2D eigenvalue weighted by atomic mass is 16.5. The molecular formula is C17H16N2O2. The maximum absolute atomic E-state index is 5.64. The normalized spacial score (nSPS) is 10.5. The van der Waals surface area contributed by atoms with Crippen molar-refractivity contribution in [1.82, 2.24) is 4.98 Å². The molecule has 2 N–H and O–H groups in total. The van der Waals surface area contributed by atoms with Gasteiger partial charge < -0.3 is 14.9 Å². The number of nitrogen functional groups attached to an aromatic ring is 1. The molecule has 1 aromatic heterocycles. The maximum Gasteiger partial charge on any atom is 0.226 e. The molecule has 0 aliphatic rings. The summed E-state index contributed by atoms with van der Waals surface area (Å²) in [5, 5.41) is 0. The van der Waals surface area contributed by atoms with E-state index in [2.05, 4.69) is 4.98 Å². The van der Waals surface area contributed by atoms with Crippen molar-refractivity contribution >= 4 is 5.69 Å². The van der Waals surface area contributed by atoms with Crippen molar-refractivity contribution in [2.24, 2.45) is 0 Å². The highest BCUT2D eigenvalue weighted by Crippen LogP contribution is 2.20. The maximum atomic E-state index is 5.64. The molecule has 0 amide bonds. The third kappa shape index (κ3) is 3.23. The summed E-state index contributed by atoms with van der Waals surface area (Å²) in [7, 11) is 0. The number of benzene rings is 2. The second-order valence-electron chi connectivity index (χ2n) is 4.87. The van der Waals surface area contributed by atoms with Crippen LogP contribution in [-0.4, -0.2) is 4.98 Å². The molecule has 4 nitrogen and oxygen atoms in total. The van der Waals surface area contributed by atoms with Gasteiger partial charge in [0, 0.05) is 11.3 Å². The molecule has 106 valence electrons. The van der Waals surface area contributed by atoms with E-state index in [-0.39, 0.29) is 0 Å². The number of aryl methyl sites for hydroxylation is 1. The Bertz CT molecular complexity index is 715. The first-order valence-electron chi connectivity index (χ1n) is 6.70. The quantitative estimate of drug-likeness (QED) is 0.738. The van der Waals surface area contributed by atoms with Gasteiger partial charge in [-0.05, 0) is 43.3 Å². The molecule has 1 heterocycles. The highest BCUT2D eigenvalue weighted by molar-refractivity contribution is 5.53. The fraction of sp³-hybridized carbons (Fsp3) is 0.118. The van der Waals surface area contributed by atoms with Crippen molar-refractivity contribution in [2.45, 2.75) is 13.5 Å². The summed E-state index contributed by atoms with van der Waals surface area (Å²) in [4.78, 5) is 4.43. The first kappa shape index (κ1) is 13.2. The number of nitrogens with zero attached hydrogens (tertiary/aromatic N) is 1. The Hall–Kier alpha value is -2.75. The second kappa shape index (κ2) is 5.71. The van der Waals surface area contributed by atoms with Crippen molar-refractivity contribution in [1.29, 1.82) is 0 Å². The van der Waals surface area contributed by atoms with Gasteiger partial charge in [0.1, 0.15) is 24.3 Å². The van der Waals surface area contributed by atoms with Crippen molar-refractivity contribution < 1.29 is 9.15 Å². The Morgan fingerprint density at radius 3 is 2.48 bits per heavy atom. The van der Waals surface area contributed by atoms with Crippen molar-refractivity contribution in [3.05, 3.63) is 66.1 Å². The van der Waals surface area contributed by atoms with E-state index in [1.54, 1.807) is 18.4 Å². The lowest BCUT2D eigenvalue weighted by atomic mass is 10.1. The average molecular weight is 280 g/mol. The predicted molar refractivity (Wildman–Crippen MR) is 81.9 cm³/mol. The third-order valence-electron chi connectivity index (χ3n) is 3.12. The summed E-state index contributed by atoms with van der Waals surface area (Å²) < 4.78 is 11.1. The Labute approximate surface area is 123 Å². The lowest BCUT2D eigenvalue weighted by Gasteiger charge is -2.03. The minimum absolute atomic E-state index is 0.360. The zero-order chi connectivity index (χ0) is 14.7. The van der Waals surface area contributed by atoms with Gasteiger partial charge in [0.2, 0.25) is 5.89 Å². The number of aromatic nitrogens is 1. The first-order valence-corrected chi connectivity index (χ1v) is 6.70. The van der Waals surface area contributed by atoms with Crippen molar-refractivity contribution in [3.8, 4) is 17.2 Å². The number of ether oxygens (including phenoxy) is 1. The zero-order valence-electron chi connectivity index (χ0n) is 11.7. The molecule has 0 saturated carbocycles. The topological polar surface area (TPSA) is 61.3 Å². The van der Waals surface area contributed by atoms with Gasteiger partial charge >= 0.3 is 0 Å². The molecule has 0 fully saturated rings. The molecule has 0 spiro atoms. The van der Waals surface area contributed by atoms with Crippen LogP contribution in [0.4, 0.5) is 5.69 Å². The summed E-state index contributed by atoms with van der Waals surface area (Å²) in [5.74, 6) is 1.36. The van der Waals surface area contributed by atoms with Gasteiger partial charge in [-0.15, -0.1) is 0 Å². The molecule has 4 heteroatoms.